The van der Waals surface area contributed by atoms with Gasteiger partial charge in [0.1, 0.15) is 5.03 Å². The van der Waals surface area contributed by atoms with E-state index in [1.54, 1.807) is 11.1 Å². The second-order valence-corrected chi connectivity index (χ2v) is 7.87. The molecule has 23 heavy (non-hydrogen) atoms. The Hall–Kier alpha value is -1.56. The van der Waals surface area contributed by atoms with Gasteiger partial charge in [-0.1, -0.05) is 39.5 Å². The van der Waals surface area contributed by atoms with Gasteiger partial charge in [0.05, 0.1) is 10.9 Å². The summed E-state index contributed by atoms with van der Waals surface area (Å²) < 4.78 is 0. The molecule has 1 N–H and O–H groups in total. The number of aromatic nitrogens is 1. The summed E-state index contributed by atoms with van der Waals surface area (Å²) in [5.41, 5.74) is 0.857. The Balaban J connectivity index is 2.13. The van der Waals surface area contributed by atoms with E-state index in [0.29, 0.717) is 24.9 Å². The highest BCUT2D eigenvalue weighted by Gasteiger charge is 2.35. The van der Waals surface area contributed by atoms with Gasteiger partial charge >= 0.3 is 0 Å². The first-order valence-electron chi connectivity index (χ1n) is 8.08. The smallest absolute Gasteiger partial charge is 0.241 e. The van der Waals surface area contributed by atoms with Crippen LogP contribution in [0.2, 0.25) is 0 Å². The van der Waals surface area contributed by atoms with E-state index < -0.39 is 5.25 Å². The molecule has 2 amide bonds. The summed E-state index contributed by atoms with van der Waals surface area (Å²) in [6.07, 6.45) is 1.92. The molecule has 0 saturated heterocycles. The predicted molar refractivity (Wildman–Crippen MR) is 93.5 cm³/mol. The van der Waals surface area contributed by atoms with Gasteiger partial charge in [0.2, 0.25) is 11.8 Å². The molecule has 126 valence electrons. The highest BCUT2D eigenvalue weighted by atomic mass is 32.2. The SMILES string of the molecule is CC(C)CNC(=O)C[C@H]1Sc2ncccc2N(CC(C)C)C1=O. The van der Waals surface area contributed by atoms with Gasteiger partial charge in [0.15, 0.2) is 0 Å². The lowest BCUT2D eigenvalue weighted by atomic mass is 10.1. The van der Waals surface area contributed by atoms with E-state index in [1.165, 1.54) is 11.8 Å². The van der Waals surface area contributed by atoms with Crippen LogP contribution in [0.15, 0.2) is 23.4 Å². The summed E-state index contributed by atoms with van der Waals surface area (Å²) in [5, 5.41) is 3.31. The van der Waals surface area contributed by atoms with Crippen LogP contribution in [0.1, 0.15) is 34.1 Å². The molecule has 0 saturated carbocycles. The highest BCUT2D eigenvalue weighted by molar-refractivity contribution is 8.00. The van der Waals surface area contributed by atoms with Crippen molar-refractivity contribution in [1.82, 2.24) is 10.3 Å². The van der Waals surface area contributed by atoms with Crippen molar-refractivity contribution in [1.29, 1.82) is 0 Å². The Kier molecular flexibility index (Phi) is 6.04. The van der Waals surface area contributed by atoms with Crippen LogP contribution >= 0.6 is 11.8 Å². The van der Waals surface area contributed by atoms with Crippen LogP contribution in [-0.4, -0.2) is 35.1 Å². The van der Waals surface area contributed by atoms with Gasteiger partial charge in [-0.3, -0.25) is 9.59 Å². The number of anilines is 1. The summed E-state index contributed by atoms with van der Waals surface area (Å²) in [5.74, 6) is 0.677. The van der Waals surface area contributed by atoms with Crippen molar-refractivity contribution in [2.75, 3.05) is 18.0 Å². The zero-order valence-electron chi connectivity index (χ0n) is 14.2. The van der Waals surface area contributed by atoms with E-state index in [-0.39, 0.29) is 18.2 Å². The Morgan fingerprint density at radius 1 is 1.35 bits per heavy atom. The maximum absolute atomic E-state index is 12.8. The lowest BCUT2D eigenvalue weighted by Crippen LogP contribution is -2.45. The van der Waals surface area contributed by atoms with Crippen LogP contribution in [-0.2, 0) is 9.59 Å². The Bertz CT molecular complexity index is 575. The number of nitrogens with one attached hydrogen (secondary N) is 1. The Labute approximate surface area is 142 Å². The van der Waals surface area contributed by atoms with Crippen LogP contribution in [0, 0.1) is 11.8 Å². The number of fused-ring (bicyclic) bond motifs is 1. The lowest BCUT2D eigenvalue weighted by Gasteiger charge is -2.33. The van der Waals surface area contributed by atoms with Crippen molar-refractivity contribution in [3.05, 3.63) is 18.3 Å². The summed E-state index contributed by atoms with van der Waals surface area (Å²) in [6, 6.07) is 3.76. The number of pyridine rings is 1. The fourth-order valence-corrected chi connectivity index (χ4v) is 3.55. The van der Waals surface area contributed by atoms with E-state index in [2.05, 4.69) is 24.1 Å². The first-order chi connectivity index (χ1) is 10.9. The number of amides is 2. The largest absolute Gasteiger partial charge is 0.356 e. The monoisotopic (exact) mass is 335 g/mol. The molecule has 0 spiro atoms. The van der Waals surface area contributed by atoms with Crippen LogP contribution in [0.5, 0.6) is 0 Å². The average Bonchev–Trinajstić information content (AvgIpc) is 2.49. The number of hydrogen-bond donors (Lipinski definition) is 1. The molecular weight excluding hydrogens is 310 g/mol. The summed E-state index contributed by atoms with van der Waals surface area (Å²) in [6.45, 7) is 9.53. The minimum absolute atomic E-state index is 0.00361. The first kappa shape index (κ1) is 17.8. The zero-order chi connectivity index (χ0) is 17.0. The number of carbonyl (C=O) groups is 2. The zero-order valence-corrected chi connectivity index (χ0v) is 15.0. The van der Waals surface area contributed by atoms with Gasteiger partial charge in [-0.05, 0) is 24.0 Å². The fourth-order valence-electron chi connectivity index (χ4n) is 2.40. The molecule has 2 rings (SSSR count). The van der Waals surface area contributed by atoms with Crippen LogP contribution in [0.25, 0.3) is 0 Å². The fraction of sp³-hybridized carbons (Fsp3) is 0.588. The molecule has 0 fully saturated rings. The van der Waals surface area contributed by atoms with E-state index in [9.17, 15) is 9.59 Å². The van der Waals surface area contributed by atoms with Gasteiger partial charge in [0.25, 0.3) is 0 Å². The number of thioether (sulfide) groups is 1. The third kappa shape index (κ3) is 4.70. The summed E-state index contributed by atoms with van der Waals surface area (Å²) >= 11 is 1.40. The van der Waals surface area contributed by atoms with Crippen LogP contribution in [0.3, 0.4) is 0 Å². The normalized spacial score (nSPS) is 17.6. The molecule has 1 atom stereocenters. The second-order valence-electron chi connectivity index (χ2n) is 6.68. The third-order valence-electron chi connectivity index (χ3n) is 3.46. The number of carbonyl (C=O) groups excluding carboxylic acids is 2. The molecule has 0 aromatic carbocycles. The molecule has 0 bridgehead atoms. The molecule has 2 heterocycles. The van der Waals surface area contributed by atoms with Crippen molar-refractivity contribution >= 4 is 29.3 Å². The highest BCUT2D eigenvalue weighted by Crippen LogP contribution is 2.38. The van der Waals surface area contributed by atoms with Gasteiger partial charge < -0.3 is 10.2 Å². The molecule has 5 nitrogen and oxygen atoms in total. The van der Waals surface area contributed by atoms with E-state index in [1.807, 2.05) is 26.0 Å². The van der Waals surface area contributed by atoms with Crippen molar-refractivity contribution in [2.45, 2.75) is 44.4 Å². The minimum atomic E-state index is -0.400. The van der Waals surface area contributed by atoms with Crippen molar-refractivity contribution < 1.29 is 9.59 Å². The van der Waals surface area contributed by atoms with Gasteiger partial charge in [-0.2, -0.15) is 0 Å². The quantitative estimate of drug-likeness (QED) is 0.868. The number of hydrogen-bond acceptors (Lipinski definition) is 4. The van der Waals surface area contributed by atoms with Gasteiger partial charge in [-0.25, -0.2) is 4.98 Å². The molecule has 1 aliphatic rings. The molecule has 6 heteroatoms. The predicted octanol–water partition coefficient (Wildman–Crippen LogP) is 2.71. The van der Waals surface area contributed by atoms with Crippen LogP contribution < -0.4 is 10.2 Å². The summed E-state index contributed by atoms with van der Waals surface area (Å²) in [7, 11) is 0. The van der Waals surface area contributed by atoms with Crippen molar-refractivity contribution in [2.24, 2.45) is 11.8 Å². The molecule has 1 aromatic heterocycles. The molecule has 0 radical (unpaired) electrons. The number of nitrogens with zero attached hydrogens (tertiary/aromatic N) is 2. The third-order valence-corrected chi connectivity index (χ3v) is 4.65. The minimum Gasteiger partial charge on any atom is -0.356 e. The Morgan fingerprint density at radius 3 is 2.74 bits per heavy atom. The maximum Gasteiger partial charge on any atom is 0.241 e. The molecule has 1 aliphatic heterocycles. The lowest BCUT2D eigenvalue weighted by molar-refractivity contribution is -0.125. The molecule has 1 aromatic rings. The van der Waals surface area contributed by atoms with Gasteiger partial charge in [0, 0.05) is 25.7 Å². The molecule has 0 aliphatic carbocycles. The van der Waals surface area contributed by atoms with Crippen LogP contribution in [0.4, 0.5) is 5.69 Å². The van der Waals surface area contributed by atoms with Gasteiger partial charge in [-0.15, -0.1) is 0 Å². The van der Waals surface area contributed by atoms with E-state index in [4.69, 9.17) is 0 Å². The topological polar surface area (TPSA) is 62.3 Å². The van der Waals surface area contributed by atoms with E-state index in [0.717, 1.165) is 10.7 Å². The van der Waals surface area contributed by atoms with E-state index >= 15 is 0 Å². The average molecular weight is 335 g/mol. The first-order valence-corrected chi connectivity index (χ1v) is 8.96. The Morgan fingerprint density at radius 2 is 2.09 bits per heavy atom. The van der Waals surface area contributed by atoms with Crippen molar-refractivity contribution in [3.63, 3.8) is 0 Å². The van der Waals surface area contributed by atoms with Crippen molar-refractivity contribution in [3.8, 4) is 0 Å². The number of rotatable bonds is 6. The second kappa shape index (κ2) is 7.81. The molecule has 0 unspecified atom stereocenters. The standard InChI is InChI=1S/C17H25N3O2S/c1-11(2)9-19-15(21)8-14-17(22)20(10-12(3)4)13-6-5-7-18-16(13)23-14/h5-7,11-12,14H,8-10H2,1-4H3,(H,19,21)/t14-/m1/s1. The molecular formula is C17H25N3O2S. The maximum atomic E-state index is 12.8. The summed E-state index contributed by atoms with van der Waals surface area (Å²) in [4.78, 5) is 31.0.